The van der Waals surface area contributed by atoms with Crippen molar-refractivity contribution in [1.82, 2.24) is 15.0 Å². The molecule has 5 nitrogen and oxygen atoms in total. The molecule has 1 amide bonds. The molecule has 5 heteroatoms. The van der Waals surface area contributed by atoms with Crippen LogP contribution in [0.2, 0.25) is 0 Å². The largest absolute Gasteiger partial charge is 0.361 e. The number of benzene rings is 1. The molecule has 2 aliphatic heterocycles. The monoisotopic (exact) mass is 393 g/mol. The van der Waals surface area contributed by atoms with E-state index in [0.29, 0.717) is 5.91 Å². The summed E-state index contributed by atoms with van der Waals surface area (Å²) in [4.78, 5) is 18.3. The molecule has 1 aromatic carbocycles. The minimum atomic E-state index is -0.261. The lowest BCUT2D eigenvalue weighted by atomic mass is 9.76. The van der Waals surface area contributed by atoms with Crippen molar-refractivity contribution in [2.45, 2.75) is 70.4 Å². The summed E-state index contributed by atoms with van der Waals surface area (Å²) in [5.74, 6) is 1.27. The van der Waals surface area contributed by atoms with Gasteiger partial charge in [-0.25, -0.2) is 0 Å². The van der Waals surface area contributed by atoms with Crippen molar-refractivity contribution in [3.05, 3.63) is 52.4 Å². The number of hydrogen-bond donors (Lipinski definition) is 0. The first-order valence-electron chi connectivity index (χ1n) is 11.0. The van der Waals surface area contributed by atoms with Crippen LogP contribution < -0.4 is 0 Å². The molecule has 2 aromatic rings. The lowest BCUT2D eigenvalue weighted by Gasteiger charge is -2.57. The lowest BCUT2D eigenvalue weighted by Crippen LogP contribution is -2.67. The van der Waals surface area contributed by atoms with Crippen molar-refractivity contribution in [2.75, 3.05) is 19.6 Å². The van der Waals surface area contributed by atoms with Crippen LogP contribution in [0.4, 0.5) is 0 Å². The van der Waals surface area contributed by atoms with Gasteiger partial charge in [-0.05, 0) is 58.4 Å². The summed E-state index contributed by atoms with van der Waals surface area (Å²) in [6.45, 7) is 9.85. The molecule has 0 N–H and O–H groups in total. The Balaban J connectivity index is 1.33. The molecular formula is C24H31N3O2. The van der Waals surface area contributed by atoms with Gasteiger partial charge in [0.05, 0.1) is 11.1 Å². The summed E-state index contributed by atoms with van der Waals surface area (Å²) >= 11 is 0. The van der Waals surface area contributed by atoms with Gasteiger partial charge in [-0.15, -0.1) is 0 Å². The Hall–Kier alpha value is -2.14. The summed E-state index contributed by atoms with van der Waals surface area (Å²) in [7, 11) is 0. The van der Waals surface area contributed by atoms with Gasteiger partial charge in [-0.2, -0.15) is 0 Å². The Morgan fingerprint density at radius 3 is 2.41 bits per heavy atom. The maximum absolute atomic E-state index is 13.6. The topological polar surface area (TPSA) is 49.6 Å². The number of aryl methyl sites for hydroxylation is 3. The second-order valence-electron chi connectivity index (χ2n) is 9.48. The zero-order chi connectivity index (χ0) is 20.2. The zero-order valence-electron chi connectivity index (χ0n) is 17.8. The SMILES string of the molecule is Cc1ccc(C2(C(=O)N3CCC[C@@]4(CCN4Cc4c(C)noc4C)C3)CC2)cc1. The minimum Gasteiger partial charge on any atom is -0.361 e. The van der Waals surface area contributed by atoms with Crippen LogP contribution in [-0.2, 0) is 16.8 Å². The standard InChI is InChI=1S/C24H31N3O2/c1-17-5-7-20(8-6-17)24(10-11-24)22(28)26-13-4-9-23(16-26)12-14-27(23)15-21-18(2)25-29-19(21)3/h5-8H,4,9-16H2,1-3H3/t23-/m1/s1. The van der Waals surface area contributed by atoms with Crippen LogP contribution in [0, 0.1) is 20.8 Å². The minimum absolute atomic E-state index is 0.132. The molecule has 1 saturated carbocycles. The van der Waals surface area contributed by atoms with E-state index in [2.05, 4.69) is 46.1 Å². The van der Waals surface area contributed by atoms with E-state index < -0.39 is 0 Å². The second kappa shape index (κ2) is 6.69. The van der Waals surface area contributed by atoms with E-state index in [9.17, 15) is 4.79 Å². The first kappa shape index (κ1) is 18.9. The Bertz CT molecular complexity index is 909. The Morgan fingerprint density at radius 1 is 1.07 bits per heavy atom. The van der Waals surface area contributed by atoms with Crippen LogP contribution in [0.5, 0.6) is 0 Å². The van der Waals surface area contributed by atoms with Gasteiger partial charge in [-0.3, -0.25) is 9.69 Å². The van der Waals surface area contributed by atoms with Crippen LogP contribution in [-0.4, -0.2) is 46.0 Å². The third-order valence-electron chi connectivity index (χ3n) is 7.65. The molecule has 3 fully saturated rings. The predicted octanol–water partition coefficient (Wildman–Crippen LogP) is 3.90. The van der Waals surface area contributed by atoms with Crippen LogP contribution in [0.3, 0.4) is 0 Å². The number of carbonyl (C=O) groups excluding carboxylic acids is 1. The summed E-state index contributed by atoms with van der Waals surface area (Å²) in [6.07, 6.45) is 5.42. The summed E-state index contributed by atoms with van der Waals surface area (Å²) in [5, 5.41) is 4.12. The fourth-order valence-corrected chi connectivity index (χ4v) is 5.43. The van der Waals surface area contributed by atoms with Gasteiger partial charge in [0.15, 0.2) is 0 Å². The van der Waals surface area contributed by atoms with Crippen molar-refractivity contribution in [2.24, 2.45) is 0 Å². The molecule has 0 radical (unpaired) electrons. The number of hydrogen-bond acceptors (Lipinski definition) is 4. The molecule has 1 aromatic heterocycles. The molecule has 1 aliphatic carbocycles. The molecule has 29 heavy (non-hydrogen) atoms. The van der Waals surface area contributed by atoms with E-state index in [1.54, 1.807) is 0 Å². The van der Waals surface area contributed by atoms with Gasteiger partial charge >= 0.3 is 0 Å². The lowest BCUT2D eigenvalue weighted by molar-refractivity contribution is -0.143. The fourth-order valence-electron chi connectivity index (χ4n) is 5.43. The predicted molar refractivity (Wildman–Crippen MR) is 112 cm³/mol. The van der Waals surface area contributed by atoms with Gasteiger partial charge in [-0.1, -0.05) is 35.0 Å². The molecule has 2 saturated heterocycles. The highest BCUT2D eigenvalue weighted by Gasteiger charge is 2.56. The van der Waals surface area contributed by atoms with Crippen molar-refractivity contribution in [3.63, 3.8) is 0 Å². The highest BCUT2D eigenvalue weighted by Crippen LogP contribution is 2.51. The van der Waals surface area contributed by atoms with Gasteiger partial charge < -0.3 is 9.42 Å². The highest BCUT2D eigenvalue weighted by molar-refractivity contribution is 5.91. The number of amides is 1. The maximum Gasteiger partial charge on any atom is 0.233 e. The highest BCUT2D eigenvalue weighted by atomic mass is 16.5. The van der Waals surface area contributed by atoms with Crippen LogP contribution in [0.25, 0.3) is 0 Å². The first-order chi connectivity index (χ1) is 13.9. The number of nitrogens with zero attached hydrogens (tertiary/aromatic N) is 3. The first-order valence-corrected chi connectivity index (χ1v) is 11.0. The molecule has 3 aliphatic rings. The number of aromatic nitrogens is 1. The summed E-state index contributed by atoms with van der Waals surface area (Å²) < 4.78 is 5.37. The van der Waals surface area contributed by atoms with Crippen molar-refractivity contribution in [1.29, 1.82) is 0 Å². The molecular weight excluding hydrogens is 362 g/mol. The van der Waals surface area contributed by atoms with Gasteiger partial charge in [0.2, 0.25) is 5.91 Å². The van der Waals surface area contributed by atoms with E-state index >= 15 is 0 Å². The maximum atomic E-state index is 13.6. The van der Waals surface area contributed by atoms with Gasteiger partial charge in [0.25, 0.3) is 0 Å². The third kappa shape index (κ3) is 3.02. The molecule has 154 valence electrons. The van der Waals surface area contributed by atoms with E-state index in [0.717, 1.165) is 56.9 Å². The Labute approximate surface area is 173 Å². The summed E-state index contributed by atoms with van der Waals surface area (Å²) in [5.41, 5.74) is 4.53. The van der Waals surface area contributed by atoms with Crippen molar-refractivity contribution in [3.8, 4) is 0 Å². The average Bonchev–Trinajstić information content (AvgIpc) is 3.47. The molecule has 0 bridgehead atoms. The van der Waals surface area contributed by atoms with Gasteiger partial charge in [0.1, 0.15) is 5.76 Å². The number of likely N-dealkylation sites (tertiary alicyclic amines) is 2. The normalized spacial score (nSPS) is 25.8. The van der Waals surface area contributed by atoms with Crippen LogP contribution >= 0.6 is 0 Å². The molecule has 1 atom stereocenters. The van der Waals surface area contributed by atoms with Crippen molar-refractivity contribution < 1.29 is 9.32 Å². The second-order valence-corrected chi connectivity index (χ2v) is 9.48. The fraction of sp³-hybridized carbons (Fsp3) is 0.583. The molecule has 3 heterocycles. The van der Waals surface area contributed by atoms with Gasteiger partial charge in [0, 0.05) is 37.3 Å². The number of piperidine rings is 1. The quantitative estimate of drug-likeness (QED) is 0.791. The van der Waals surface area contributed by atoms with E-state index in [1.165, 1.54) is 29.5 Å². The third-order valence-corrected chi connectivity index (χ3v) is 7.65. The van der Waals surface area contributed by atoms with E-state index in [4.69, 9.17) is 4.52 Å². The van der Waals surface area contributed by atoms with Crippen LogP contribution in [0.1, 0.15) is 60.2 Å². The Morgan fingerprint density at radius 2 is 1.83 bits per heavy atom. The Kier molecular flexibility index (Phi) is 4.35. The molecule has 5 rings (SSSR count). The molecule has 1 spiro atoms. The van der Waals surface area contributed by atoms with Crippen LogP contribution in [0.15, 0.2) is 28.8 Å². The zero-order valence-corrected chi connectivity index (χ0v) is 17.8. The van der Waals surface area contributed by atoms with E-state index in [1.807, 2.05) is 13.8 Å². The smallest absolute Gasteiger partial charge is 0.233 e. The number of rotatable bonds is 4. The van der Waals surface area contributed by atoms with Crippen molar-refractivity contribution >= 4 is 5.91 Å². The average molecular weight is 394 g/mol. The van der Waals surface area contributed by atoms with E-state index in [-0.39, 0.29) is 11.0 Å². The molecule has 0 unspecified atom stereocenters. The number of carbonyl (C=O) groups is 1. The summed E-state index contributed by atoms with van der Waals surface area (Å²) in [6, 6.07) is 8.59.